The molecule has 4 rings (SSSR count). The van der Waals surface area contributed by atoms with E-state index in [0.29, 0.717) is 6.04 Å². The van der Waals surface area contributed by atoms with Crippen molar-refractivity contribution in [1.82, 2.24) is 4.98 Å². The van der Waals surface area contributed by atoms with Crippen molar-refractivity contribution in [3.8, 4) is 11.3 Å². The Morgan fingerprint density at radius 2 is 2.08 bits per heavy atom. The lowest BCUT2D eigenvalue weighted by molar-refractivity contribution is -0.121. The first-order valence-electron chi connectivity index (χ1n) is 9.78. The zero-order valence-corrected chi connectivity index (χ0v) is 16.4. The summed E-state index contributed by atoms with van der Waals surface area (Å²) in [4.78, 5) is 19.1. The SMILES string of the molecule is CC(C)C(=O)N1CCc2cc(-c3csc(NC4CCCCC4)n3)ccc21. The van der Waals surface area contributed by atoms with Crippen LogP contribution in [0.5, 0.6) is 0 Å². The maximum absolute atomic E-state index is 12.4. The van der Waals surface area contributed by atoms with Crippen molar-refractivity contribution in [3.63, 3.8) is 0 Å². The van der Waals surface area contributed by atoms with Gasteiger partial charge in [0.05, 0.1) is 5.69 Å². The summed E-state index contributed by atoms with van der Waals surface area (Å²) in [7, 11) is 0. The van der Waals surface area contributed by atoms with E-state index >= 15 is 0 Å². The van der Waals surface area contributed by atoms with Crippen molar-refractivity contribution in [2.75, 3.05) is 16.8 Å². The third-order valence-corrected chi connectivity index (χ3v) is 6.24. The second-order valence-electron chi connectivity index (χ2n) is 7.76. The van der Waals surface area contributed by atoms with Crippen LogP contribution in [0.2, 0.25) is 0 Å². The van der Waals surface area contributed by atoms with Gasteiger partial charge in [-0.1, -0.05) is 39.2 Å². The fourth-order valence-corrected chi connectivity index (χ4v) is 4.79. The average molecular weight is 370 g/mol. The molecule has 0 atom stereocenters. The van der Waals surface area contributed by atoms with Crippen LogP contribution in [0.3, 0.4) is 0 Å². The van der Waals surface area contributed by atoms with E-state index in [-0.39, 0.29) is 11.8 Å². The first-order valence-corrected chi connectivity index (χ1v) is 10.7. The summed E-state index contributed by atoms with van der Waals surface area (Å²) in [5.74, 6) is 0.247. The summed E-state index contributed by atoms with van der Waals surface area (Å²) in [6, 6.07) is 6.98. The van der Waals surface area contributed by atoms with E-state index in [9.17, 15) is 4.79 Å². The average Bonchev–Trinajstić information content (AvgIpc) is 3.28. The van der Waals surface area contributed by atoms with Crippen LogP contribution in [0.15, 0.2) is 23.6 Å². The number of hydrogen-bond acceptors (Lipinski definition) is 4. The molecule has 138 valence electrons. The Kier molecular flexibility index (Phi) is 4.98. The van der Waals surface area contributed by atoms with Gasteiger partial charge in [0, 0.05) is 35.1 Å². The third kappa shape index (κ3) is 3.50. The summed E-state index contributed by atoms with van der Waals surface area (Å²) in [5, 5.41) is 6.78. The molecule has 1 aromatic carbocycles. The molecule has 2 aromatic rings. The van der Waals surface area contributed by atoms with E-state index in [1.165, 1.54) is 37.7 Å². The summed E-state index contributed by atoms with van der Waals surface area (Å²) in [6.07, 6.45) is 7.46. The number of fused-ring (bicyclic) bond motifs is 1. The molecule has 26 heavy (non-hydrogen) atoms. The Hall–Kier alpha value is -1.88. The molecule has 1 aliphatic carbocycles. The molecule has 2 heterocycles. The van der Waals surface area contributed by atoms with Crippen LogP contribution in [-0.2, 0) is 11.2 Å². The van der Waals surface area contributed by atoms with Gasteiger partial charge < -0.3 is 10.2 Å². The van der Waals surface area contributed by atoms with Crippen LogP contribution in [0.4, 0.5) is 10.8 Å². The number of amides is 1. The molecule has 2 aliphatic rings. The highest BCUT2D eigenvalue weighted by molar-refractivity contribution is 7.14. The number of anilines is 2. The Morgan fingerprint density at radius 1 is 1.27 bits per heavy atom. The first-order chi connectivity index (χ1) is 12.6. The molecule has 1 aromatic heterocycles. The van der Waals surface area contributed by atoms with Crippen LogP contribution >= 0.6 is 11.3 Å². The number of hydrogen-bond donors (Lipinski definition) is 1. The van der Waals surface area contributed by atoms with Crippen LogP contribution in [0.1, 0.15) is 51.5 Å². The maximum atomic E-state index is 12.4. The predicted octanol–water partition coefficient (Wildman–Crippen LogP) is 5.10. The lowest BCUT2D eigenvalue weighted by atomic mass is 9.96. The number of nitrogens with one attached hydrogen (secondary N) is 1. The minimum atomic E-state index is 0.0348. The summed E-state index contributed by atoms with van der Waals surface area (Å²) >= 11 is 1.69. The van der Waals surface area contributed by atoms with E-state index < -0.39 is 0 Å². The monoisotopic (exact) mass is 369 g/mol. The normalized spacial score (nSPS) is 17.6. The number of carbonyl (C=O) groups is 1. The first kappa shape index (κ1) is 17.5. The number of thiazole rings is 1. The highest BCUT2D eigenvalue weighted by atomic mass is 32.1. The third-order valence-electron chi connectivity index (χ3n) is 5.47. The largest absolute Gasteiger partial charge is 0.359 e. The molecular formula is C21H27N3OS. The van der Waals surface area contributed by atoms with E-state index in [2.05, 4.69) is 28.9 Å². The van der Waals surface area contributed by atoms with Gasteiger partial charge in [-0.05, 0) is 37.0 Å². The van der Waals surface area contributed by atoms with E-state index in [1.54, 1.807) is 11.3 Å². The van der Waals surface area contributed by atoms with Gasteiger partial charge in [-0.3, -0.25) is 4.79 Å². The van der Waals surface area contributed by atoms with Crippen LogP contribution in [0, 0.1) is 5.92 Å². The van der Waals surface area contributed by atoms with Crippen molar-refractivity contribution >= 4 is 28.1 Å². The van der Waals surface area contributed by atoms with Crippen molar-refractivity contribution in [3.05, 3.63) is 29.1 Å². The maximum Gasteiger partial charge on any atom is 0.229 e. The van der Waals surface area contributed by atoms with Gasteiger partial charge in [0.1, 0.15) is 0 Å². The zero-order valence-electron chi connectivity index (χ0n) is 15.6. The van der Waals surface area contributed by atoms with Gasteiger partial charge in [-0.25, -0.2) is 4.98 Å². The summed E-state index contributed by atoms with van der Waals surface area (Å²) in [5.41, 5.74) is 4.51. The van der Waals surface area contributed by atoms with Gasteiger partial charge >= 0.3 is 0 Å². The fraction of sp³-hybridized carbons (Fsp3) is 0.524. The summed E-state index contributed by atoms with van der Waals surface area (Å²) in [6.45, 7) is 4.72. The number of rotatable bonds is 4. The van der Waals surface area contributed by atoms with Crippen molar-refractivity contribution in [1.29, 1.82) is 0 Å². The van der Waals surface area contributed by atoms with Gasteiger partial charge in [-0.2, -0.15) is 0 Å². The number of benzene rings is 1. The zero-order chi connectivity index (χ0) is 18.1. The number of aromatic nitrogens is 1. The minimum absolute atomic E-state index is 0.0348. The predicted molar refractivity (Wildman–Crippen MR) is 109 cm³/mol. The molecular weight excluding hydrogens is 342 g/mol. The van der Waals surface area contributed by atoms with Crippen LogP contribution < -0.4 is 10.2 Å². The molecule has 5 heteroatoms. The van der Waals surface area contributed by atoms with Gasteiger partial charge in [0.25, 0.3) is 0 Å². The smallest absolute Gasteiger partial charge is 0.229 e. The van der Waals surface area contributed by atoms with E-state index in [1.807, 2.05) is 18.7 Å². The Morgan fingerprint density at radius 3 is 2.85 bits per heavy atom. The van der Waals surface area contributed by atoms with Crippen molar-refractivity contribution in [2.45, 2.75) is 58.4 Å². The van der Waals surface area contributed by atoms with Gasteiger partial charge in [0.15, 0.2) is 5.13 Å². The molecule has 0 radical (unpaired) electrons. The second-order valence-corrected chi connectivity index (χ2v) is 8.61. The van der Waals surface area contributed by atoms with Crippen molar-refractivity contribution < 1.29 is 4.79 Å². The molecule has 1 amide bonds. The molecule has 1 aliphatic heterocycles. The molecule has 0 saturated heterocycles. The van der Waals surface area contributed by atoms with Crippen molar-refractivity contribution in [2.24, 2.45) is 5.92 Å². The summed E-state index contributed by atoms with van der Waals surface area (Å²) < 4.78 is 0. The lowest BCUT2D eigenvalue weighted by Crippen LogP contribution is -2.32. The number of carbonyl (C=O) groups excluding carboxylic acids is 1. The topological polar surface area (TPSA) is 45.2 Å². The molecule has 4 nitrogen and oxygen atoms in total. The van der Waals surface area contributed by atoms with E-state index in [4.69, 9.17) is 4.98 Å². The highest BCUT2D eigenvalue weighted by Crippen LogP contribution is 2.34. The van der Waals surface area contributed by atoms with Gasteiger partial charge in [-0.15, -0.1) is 11.3 Å². The highest BCUT2D eigenvalue weighted by Gasteiger charge is 2.26. The van der Waals surface area contributed by atoms with Gasteiger partial charge in [0.2, 0.25) is 5.91 Å². The molecule has 1 saturated carbocycles. The molecule has 0 spiro atoms. The molecule has 1 fully saturated rings. The van der Waals surface area contributed by atoms with Crippen LogP contribution in [-0.4, -0.2) is 23.5 Å². The molecule has 0 bridgehead atoms. The minimum Gasteiger partial charge on any atom is -0.359 e. The lowest BCUT2D eigenvalue weighted by Gasteiger charge is -2.22. The Bertz CT molecular complexity index is 792. The molecule has 1 N–H and O–H groups in total. The Balaban J connectivity index is 1.50. The fourth-order valence-electron chi connectivity index (χ4n) is 4.00. The van der Waals surface area contributed by atoms with E-state index in [0.717, 1.165) is 35.0 Å². The standard InChI is InChI=1S/C21H27N3OS/c1-14(2)20(25)24-11-10-16-12-15(8-9-19(16)24)18-13-26-21(23-18)22-17-6-4-3-5-7-17/h8-9,12-14,17H,3-7,10-11H2,1-2H3,(H,22,23). The second kappa shape index (κ2) is 7.39. The number of nitrogens with zero attached hydrogens (tertiary/aromatic N) is 2. The van der Waals surface area contributed by atoms with Crippen LogP contribution in [0.25, 0.3) is 11.3 Å². The molecule has 0 unspecified atom stereocenters. The quantitative estimate of drug-likeness (QED) is 0.815. The Labute approximate surface area is 159 Å².